The van der Waals surface area contributed by atoms with Crippen molar-refractivity contribution in [1.29, 1.82) is 0 Å². The van der Waals surface area contributed by atoms with Crippen molar-refractivity contribution >= 4 is 16.9 Å². The van der Waals surface area contributed by atoms with Crippen LogP contribution in [0.4, 0.5) is 0 Å². The van der Waals surface area contributed by atoms with Gasteiger partial charge in [0, 0.05) is 24.5 Å². The van der Waals surface area contributed by atoms with Crippen LogP contribution in [0, 0.1) is 13.8 Å². The number of phenols is 1. The van der Waals surface area contributed by atoms with Gasteiger partial charge in [-0.05, 0) is 90.8 Å². The second-order valence-corrected chi connectivity index (χ2v) is 11.1. The van der Waals surface area contributed by atoms with Crippen LogP contribution in [-0.4, -0.2) is 35.0 Å². The zero-order valence-corrected chi connectivity index (χ0v) is 22.3. The lowest BCUT2D eigenvalue weighted by Crippen LogP contribution is -2.15. The Balaban J connectivity index is 1.42. The van der Waals surface area contributed by atoms with E-state index in [-0.39, 0.29) is 24.0 Å². The average molecular weight is 520 g/mol. The number of benzene rings is 3. The third kappa shape index (κ3) is 5.03. The molecule has 1 amide bonds. The minimum Gasteiger partial charge on any atom is -0.508 e. The fourth-order valence-electron chi connectivity index (χ4n) is 5.77. The van der Waals surface area contributed by atoms with Crippen molar-refractivity contribution in [1.82, 2.24) is 4.72 Å². The number of carbonyl (C=O) groups excluding carboxylic acids is 1. The molecule has 0 spiro atoms. The Morgan fingerprint density at radius 1 is 1.05 bits per heavy atom. The zero-order chi connectivity index (χ0) is 26.1. The first-order valence-electron chi connectivity index (χ1n) is 12.8. The molecule has 2 unspecified atom stereocenters. The Morgan fingerprint density at radius 2 is 1.84 bits per heavy atom. The molecular formula is C30H33NO5S. The van der Waals surface area contributed by atoms with Crippen LogP contribution in [0.1, 0.15) is 64.3 Å². The first-order valence-corrected chi connectivity index (χ1v) is 14.1. The molecule has 1 heterocycles. The summed E-state index contributed by atoms with van der Waals surface area (Å²) in [6, 6.07) is 16.3. The van der Waals surface area contributed by atoms with Crippen LogP contribution in [0.25, 0.3) is 11.1 Å². The van der Waals surface area contributed by atoms with Gasteiger partial charge in [0.2, 0.25) is 5.91 Å². The fourth-order valence-corrected chi connectivity index (χ4v) is 6.96. The van der Waals surface area contributed by atoms with E-state index in [1.807, 2.05) is 19.1 Å². The number of hydrogen-bond donors (Lipinski definition) is 2. The molecule has 5 rings (SSSR count). The number of amides is 1. The quantitative estimate of drug-likeness (QED) is 0.390. The van der Waals surface area contributed by atoms with E-state index in [0.717, 1.165) is 24.2 Å². The summed E-state index contributed by atoms with van der Waals surface area (Å²) in [4.78, 5) is 11.6. The molecule has 1 saturated heterocycles. The predicted molar refractivity (Wildman–Crippen MR) is 145 cm³/mol. The van der Waals surface area contributed by atoms with E-state index in [1.54, 1.807) is 6.07 Å². The standard InChI is InChI=1S/C30H33NO5S/c1-4-35-12-13-36-21-14-18(2)30(19(3)15-21)25-7-5-6-23-22(10-11-24(23)25)20-8-9-26(27(32)16-20)28-17-29(33)31-37(28)34/h5-9,14-16,22,28,32H,4,10-13,17H2,1-3H3,(H,31,33)/t22-,28?,37?/m1/s1. The lowest BCUT2D eigenvalue weighted by molar-refractivity contribution is -0.118. The Bertz CT molecular complexity index is 1350. The molecule has 1 aliphatic heterocycles. The van der Waals surface area contributed by atoms with Crippen LogP contribution in [0.15, 0.2) is 48.5 Å². The minimum absolute atomic E-state index is 0.101. The van der Waals surface area contributed by atoms with Gasteiger partial charge in [-0.1, -0.05) is 30.3 Å². The maximum Gasteiger partial charge on any atom is 0.233 e. The summed E-state index contributed by atoms with van der Waals surface area (Å²) in [6.07, 6.45) is 2.04. The SMILES string of the molecule is CCOCCOc1cc(C)c(-c2cccc3c2CC[C@@H]3c2ccc(C3CC(=O)NS3=O)c(O)c2)c(C)c1. The number of phenolic OH excluding ortho intramolecular Hbond substituents is 1. The number of nitrogens with one attached hydrogen (secondary N) is 1. The van der Waals surface area contributed by atoms with Gasteiger partial charge in [0.1, 0.15) is 29.1 Å². The summed E-state index contributed by atoms with van der Waals surface area (Å²) in [5.74, 6) is 0.883. The van der Waals surface area contributed by atoms with Gasteiger partial charge >= 0.3 is 0 Å². The van der Waals surface area contributed by atoms with Gasteiger partial charge in [0.15, 0.2) is 0 Å². The highest BCUT2D eigenvalue weighted by molar-refractivity contribution is 7.84. The summed E-state index contributed by atoms with van der Waals surface area (Å²) in [5.41, 5.74) is 9.07. The molecule has 2 N–H and O–H groups in total. The zero-order valence-electron chi connectivity index (χ0n) is 21.5. The first-order chi connectivity index (χ1) is 17.9. The van der Waals surface area contributed by atoms with Crippen molar-refractivity contribution in [2.45, 2.75) is 51.2 Å². The van der Waals surface area contributed by atoms with Crippen molar-refractivity contribution in [2.24, 2.45) is 0 Å². The largest absolute Gasteiger partial charge is 0.508 e. The van der Waals surface area contributed by atoms with E-state index >= 15 is 0 Å². The van der Waals surface area contributed by atoms with Crippen molar-refractivity contribution in [2.75, 3.05) is 19.8 Å². The lowest BCUT2D eigenvalue weighted by atomic mass is 9.87. The molecule has 0 radical (unpaired) electrons. The second kappa shape index (κ2) is 10.7. The maximum atomic E-state index is 12.2. The molecule has 6 nitrogen and oxygen atoms in total. The van der Waals surface area contributed by atoms with Crippen LogP contribution in [0.3, 0.4) is 0 Å². The molecule has 1 fully saturated rings. The summed E-state index contributed by atoms with van der Waals surface area (Å²) in [6.45, 7) is 8.03. The van der Waals surface area contributed by atoms with Crippen molar-refractivity contribution in [3.8, 4) is 22.6 Å². The minimum atomic E-state index is -1.51. The molecule has 194 valence electrons. The van der Waals surface area contributed by atoms with Crippen LogP contribution < -0.4 is 9.46 Å². The van der Waals surface area contributed by atoms with Crippen molar-refractivity contribution in [3.05, 3.63) is 81.9 Å². The number of carbonyl (C=O) groups is 1. The van der Waals surface area contributed by atoms with E-state index in [4.69, 9.17) is 9.47 Å². The molecular weight excluding hydrogens is 486 g/mol. The monoisotopic (exact) mass is 519 g/mol. The van der Waals surface area contributed by atoms with Crippen LogP contribution >= 0.6 is 0 Å². The highest BCUT2D eigenvalue weighted by atomic mass is 32.2. The van der Waals surface area contributed by atoms with Gasteiger partial charge < -0.3 is 14.6 Å². The molecule has 3 aromatic carbocycles. The molecule has 0 saturated carbocycles. The normalized spacial score (nSPS) is 20.6. The summed E-state index contributed by atoms with van der Waals surface area (Å²) in [5, 5.41) is 10.3. The van der Waals surface area contributed by atoms with Crippen molar-refractivity contribution < 1.29 is 23.6 Å². The van der Waals surface area contributed by atoms with Gasteiger partial charge in [0.05, 0.1) is 11.9 Å². The fraction of sp³-hybridized carbons (Fsp3) is 0.367. The number of aromatic hydroxyl groups is 1. The highest BCUT2D eigenvalue weighted by Crippen LogP contribution is 2.45. The molecule has 2 aliphatic rings. The molecule has 7 heteroatoms. The van der Waals surface area contributed by atoms with E-state index in [1.165, 1.54) is 33.4 Å². The van der Waals surface area contributed by atoms with Crippen LogP contribution in [-0.2, 0) is 26.9 Å². The Kier molecular flexibility index (Phi) is 7.36. The molecule has 3 aromatic rings. The van der Waals surface area contributed by atoms with E-state index in [2.05, 4.69) is 48.9 Å². The molecule has 0 aromatic heterocycles. The smallest absolute Gasteiger partial charge is 0.233 e. The van der Waals surface area contributed by atoms with Crippen LogP contribution in [0.2, 0.25) is 0 Å². The maximum absolute atomic E-state index is 12.2. The van der Waals surface area contributed by atoms with Crippen LogP contribution in [0.5, 0.6) is 11.5 Å². The average Bonchev–Trinajstić information content (AvgIpc) is 3.44. The molecule has 37 heavy (non-hydrogen) atoms. The van der Waals surface area contributed by atoms with Crippen molar-refractivity contribution in [3.63, 3.8) is 0 Å². The number of fused-ring (bicyclic) bond motifs is 1. The summed E-state index contributed by atoms with van der Waals surface area (Å²) < 4.78 is 25.9. The van der Waals surface area contributed by atoms with E-state index in [0.29, 0.717) is 25.4 Å². The Labute approximate surface area is 220 Å². The van der Waals surface area contributed by atoms with E-state index < -0.39 is 16.2 Å². The molecule has 3 atom stereocenters. The number of ether oxygens (including phenoxy) is 2. The second-order valence-electron chi connectivity index (χ2n) is 9.78. The Morgan fingerprint density at radius 3 is 2.51 bits per heavy atom. The van der Waals surface area contributed by atoms with Gasteiger partial charge in [-0.2, -0.15) is 0 Å². The van der Waals surface area contributed by atoms with E-state index in [9.17, 15) is 14.1 Å². The summed E-state index contributed by atoms with van der Waals surface area (Å²) >= 11 is 0. The number of aryl methyl sites for hydroxylation is 2. The van der Waals surface area contributed by atoms with Gasteiger partial charge in [0.25, 0.3) is 0 Å². The first kappa shape index (κ1) is 25.5. The van der Waals surface area contributed by atoms with Gasteiger partial charge in [-0.15, -0.1) is 0 Å². The Hall–Kier alpha value is -3.16. The number of hydrogen-bond acceptors (Lipinski definition) is 5. The highest BCUT2D eigenvalue weighted by Gasteiger charge is 2.33. The lowest BCUT2D eigenvalue weighted by Gasteiger charge is -2.18. The predicted octanol–water partition coefficient (Wildman–Crippen LogP) is 5.39. The van der Waals surface area contributed by atoms with Gasteiger partial charge in [-0.3, -0.25) is 9.52 Å². The third-order valence-corrected chi connectivity index (χ3v) is 8.76. The number of rotatable bonds is 8. The summed E-state index contributed by atoms with van der Waals surface area (Å²) in [7, 11) is -1.51. The molecule has 1 aliphatic carbocycles. The van der Waals surface area contributed by atoms with Gasteiger partial charge in [-0.25, -0.2) is 4.21 Å². The topological polar surface area (TPSA) is 84.9 Å². The third-order valence-electron chi connectivity index (χ3n) is 7.39. The molecule has 0 bridgehead atoms.